The van der Waals surface area contributed by atoms with Crippen molar-refractivity contribution < 1.29 is 9.13 Å². The fourth-order valence-corrected chi connectivity index (χ4v) is 2.67. The number of nitrogens with two attached hydrogens (primary N) is 1. The highest BCUT2D eigenvalue weighted by Crippen LogP contribution is 2.25. The van der Waals surface area contributed by atoms with Gasteiger partial charge in [-0.25, -0.2) is 4.39 Å². The van der Waals surface area contributed by atoms with Crippen LogP contribution in [-0.4, -0.2) is 13.2 Å². The zero-order valence-electron chi connectivity index (χ0n) is 10.2. The predicted molar refractivity (Wildman–Crippen MR) is 72.7 cm³/mol. The average Bonchev–Trinajstić information content (AvgIpc) is 2.79. The Morgan fingerprint density at radius 1 is 1.28 bits per heavy atom. The summed E-state index contributed by atoms with van der Waals surface area (Å²) < 4.78 is 18.9. The van der Waals surface area contributed by atoms with Crippen molar-refractivity contribution in [1.82, 2.24) is 0 Å². The largest absolute Gasteiger partial charge is 0.490 e. The van der Waals surface area contributed by atoms with E-state index < -0.39 is 0 Å². The van der Waals surface area contributed by atoms with E-state index in [2.05, 4.69) is 19.1 Å². The van der Waals surface area contributed by atoms with Crippen molar-refractivity contribution in [3.8, 4) is 5.75 Å². The first-order chi connectivity index (χ1) is 8.70. The number of hydrogen-bond donors (Lipinski definition) is 1. The van der Waals surface area contributed by atoms with E-state index in [9.17, 15) is 4.39 Å². The first-order valence-corrected chi connectivity index (χ1v) is 6.66. The molecule has 0 aliphatic carbocycles. The Hall–Kier alpha value is -1.39. The summed E-state index contributed by atoms with van der Waals surface area (Å²) in [4.78, 5) is 2.43. The maximum Gasteiger partial charge on any atom is 0.165 e. The molecule has 0 aliphatic heterocycles. The van der Waals surface area contributed by atoms with Gasteiger partial charge >= 0.3 is 0 Å². The van der Waals surface area contributed by atoms with Gasteiger partial charge < -0.3 is 10.5 Å². The molecule has 0 saturated carbocycles. The molecule has 0 aliphatic rings. The lowest BCUT2D eigenvalue weighted by Gasteiger charge is -2.14. The quantitative estimate of drug-likeness (QED) is 0.900. The van der Waals surface area contributed by atoms with Crippen molar-refractivity contribution in [2.45, 2.75) is 12.8 Å². The van der Waals surface area contributed by atoms with Crippen LogP contribution in [0.3, 0.4) is 0 Å². The number of halogens is 1. The van der Waals surface area contributed by atoms with Crippen LogP contribution in [0.2, 0.25) is 0 Å². The van der Waals surface area contributed by atoms with E-state index >= 15 is 0 Å². The Bertz CT molecular complexity index is 512. The van der Waals surface area contributed by atoms with Crippen molar-refractivity contribution in [2.75, 3.05) is 13.2 Å². The smallest absolute Gasteiger partial charge is 0.165 e. The number of aryl methyl sites for hydroxylation is 1. The summed E-state index contributed by atoms with van der Waals surface area (Å²) in [5.74, 6) is 0.0585. The molecule has 2 N–H and O–H groups in total. The Labute approximate surface area is 110 Å². The van der Waals surface area contributed by atoms with Gasteiger partial charge in [-0.2, -0.15) is 0 Å². The number of para-hydroxylation sites is 1. The van der Waals surface area contributed by atoms with Crippen molar-refractivity contribution in [3.05, 3.63) is 52.0 Å². The van der Waals surface area contributed by atoms with E-state index in [4.69, 9.17) is 10.5 Å². The molecule has 18 heavy (non-hydrogen) atoms. The van der Waals surface area contributed by atoms with Crippen LogP contribution in [-0.2, 0) is 0 Å². The normalized spacial score (nSPS) is 12.4. The Morgan fingerprint density at radius 2 is 2.06 bits per heavy atom. The van der Waals surface area contributed by atoms with Crippen molar-refractivity contribution >= 4 is 11.3 Å². The lowest BCUT2D eigenvalue weighted by molar-refractivity contribution is 0.278. The highest BCUT2D eigenvalue weighted by molar-refractivity contribution is 7.12. The van der Waals surface area contributed by atoms with Crippen LogP contribution < -0.4 is 10.5 Å². The maximum atomic E-state index is 13.4. The van der Waals surface area contributed by atoms with Gasteiger partial charge in [-0.1, -0.05) is 12.1 Å². The second-order valence-electron chi connectivity index (χ2n) is 4.12. The van der Waals surface area contributed by atoms with Gasteiger partial charge in [-0.05, 0) is 31.2 Å². The Morgan fingerprint density at radius 3 is 2.67 bits per heavy atom. The number of rotatable bonds is 5. The summed E-state index contributed by atoms with van der Waals surface area (Å²) >= 11 is 1.71. The number of thiophene rings is 1. The van der Waals surface area contributed by atoms with Crippen LogP contribution in [0.5, 0.6) is 5.75 Å². The zero-order valence-corrected chi connectivity index (χ0v) is 11.0. The summed E-state index contributed by atoms with van der Waals surface area (Å²) in [6.45, 7) is 2.95. The summed E-state index contributed by atoms with van der Waals surface area (Å²) in [6.07, 6.45) is 0. The van der Waals surface area contributed by atoms with Gasteiger partial charge in [0, 0.05) is 22.2 Å². The van der Waals surface area contributed by atoms with E-state index in [1.54, 1.807) is 29.5 Å². The minimum absolute atomic E-state index is 0.114. The summed E-state index contributed by atoms with van der Waals surface area (Å²) in [5, 5.41) is 0. The van der Waals surface area contributed by atoms with Crippen LogP contribution in [0.15, 0.2) is 36.4 Å². The van der Waals surface area contributed by atoms with Gasteiger partial charge in [0.2, 0.25) is 0 Å². The van der Waals surface area contributed by atoms with Gasteiger partial charge in [-0.3, -0.25) is 0 Å². The molecule has 2 nitrogen and oxygen atoms in total. The zero-order chi connectivity index (χ0) is 13.0. The molecule has 1 heterocycles. The van der Waals surface area contributed by atoms with Gasteiger partial charge in [-0.15, -0.1) is 11.3 Å². The first kappa shape index (κ1) is 13.1. The Balaban J connectivity index is 2.02. The third kappa shape index (κ3) is 3.09. The van der Waals surface area contributed by atoms with Crippen LogP contribution in [0.1, 0.15) is 15.7 Å². The molecule has 2 rings (SSSR count). The van der Waals surface area contributed by atoms with Crippen LogP contribution in [0.4, 0.5) is 4.39 Å². The monoisotopic (exact) mass is 265 g/mol. The maximum absolute atomic E-state index is 13.4. The molecule has 0 amide bonds. The predicted octanol–water partition coefficient (Wildman–Crippen LogP) is 3.32. The molecule has 0 radical (unpaired) electrons. The van der Waals surface area contributed by atoms with E-state index in [1.807, 2.05) is 0 Å². The van der Waals surface area contributed by atoms with Crippen LogP contribution in [0.25, 0.3) is 0 Å². The number of hydrogen-bond acceptors (Lipinski definition) is 3. The lowest BCUT2D eigenvalue weighted by atomic mass is 10.1. The molecule has 96 valence electrons. The van der Waals surface area contributed by atoms with Gasteiger partial charge in [0.15, 0.2) is 11.6 Å². The van der Waals surface area contributed by atoms with E-state index in [1.165, 1.54) is 15.8 Å². The van der Waals surface area contributed by atoms with Crippen molar-refractivity contribution in [3.63, 3.8) is 0 Å². The standard InChI is InChI=1S/C14H16FNOS/c1-10-6-7-14(18-10)11(8-16)9-17-13-5-3-2-4-12(13)15/h2-7,11H,8-9,16H2,1H3. The summed E-state index contributed by atoms with van der Waals surface area (Å²) in [5.41, 5.74) is 5.75. The van der Waals surface area contributed by atoms with E-state index in [0.717, 1.165) is 0 Å². The molecule has 0 spiro atoms. The highest BCUT2D eigenvalue weighted by atomic mass is 32.1. The number of benzene rings is 1. The third-order valence-corrected chi connectivity index (χ3v) is 3.89. The minimum atomic E-state index is -0.337. The molecule has 1 unspecified atom stereocenters. The minimum Gasteiger partial charge on any atom is -0.490 e. The molecule has 0 saturated heterocycles. The summed E-state index contributed by atoms with van der Waals surface area (Å²) in [6, 6.07) is 10.5. The van der Waals surface area contributed by atoms with E-state index in [-0.39, 0.29) is 17.5 Å². The first-order valence-electron chi connectivity index (χ1n) is 5.84. The van der Waals surface area contributed by atoms with Crippen LogP contribution in [0, 0.1) is 12.7 Å². The molecule has 2 aromatic rings. The fourth-order valence-electron chi connectivity index (χ4n) is 1.69. The van der Waals surface area contributed by atoms with Crippen molar-refractivity contribution in [1.29, 1.82) is 0 Å². The van der Waals surface area contributed by atoms with Gasteiger partial charge in [0.1, 0.15) is 0 Å². The molecule has 0 bridgehead atoms. The molecule has 0 fully saturated rings. The molecular weight excluding hydrogens is 249 g/mol. The fraction of sp³-hybridized carbons (Fsp3) is 0.286. The van der Waals surface area contributed by atoms with Crippen LogP contribution >= 0.6 is 11.3 Å². The second-order valence-corrected chi connectivity index (χ2v) is 5.44. The molecule has 4 heteroatoms. The third-order valence-electron chi connectivity index (χ3n) is 2.72. The molecule has 1 aromatic carbocycles. The molecule has 1 aromatic heterocycles. The topological polar surface area (TPSA) is 35.2 Å². The molecule has 1 atom stereocenters. The molecular formula is C14H16FNOS. The van der Waals surface area contributed by atoms with Gasteiger partial charge in [0.05, 0.1) is 6.61 Å². The lowest BCUT2D eigenvalue weighted by Crippen LogP contribution is -2.19. The average molecular weight is 265 g/mol. The second kappa shape index (κ2) is 5.98. The van der Waals surface area contributed by atoms with Crippen molar-refractivity contribution in [2.24, 2.45) is 5.73 Å². The van der Waals surface area contributed by atoms with E-state index in [0.29, 0.717) is 13.2 Å². The van der Waals surface area contributed by atoms with Gasteiger partial charge in [0.25, 0.3) is 0 Å². The number of ether oxygens (including phenoxy) is 1. The SMILES string of the molecule is Cc1ccc(C(CN)COc2ccccc2F)s1. The highest BCUT2D eigenvalue weighted by Gasteiger charge is 2.13. The summed E-state index contributed by atoms with van der Waals surface area (Å²) in [7, 11) is 0. The Kier molecular flexibility index (Phi) is 4.33.